The SMILES string of the molecule is CC(N)Cc1cccnc1-n1cc(-c2ccccc2)cn1. The van der Waals surface area contributed by atoms with Gasteiger partial charge in [0.05, 0.1) is 6.20 Å². The van der Waals surface area contributed by atoms with Crippen molar-refractivity contribution in [1.82, 2.24) is 14.8 Å². The minimum Gasteiger partial charge on any atom is -0.328 e. The van der Waals surface area contributed by atoms with Crippen LogP contribution in [0.25, 0.3) is 16.9 Å². The lowest BCUT2D eigenvalue weighted by Gasteiger charge is -2.10. The molecule has 4 nitrogen and oxygen atoms in total. The Labute approximate surface area is 124 Å². The molecule has 0 spiro atoms. The first-order chi connectivity index (χ1) is 10.2. The highest BCUT2D eigenvalue weighted by Gasteiger charge is 2.10. The fourth-order valence-electron chi connectivity index (χ4n) is 2.36. The maximum atomic E-state index is 5.91. The van der Waals surface area contributed by atoms with E-state index in [1.807, 2.05) is 48.3 Å². The number of nitrogens with zero attached hydrogens (tertiary/aromatic N) is 3. The Morgan fingerprint density at radius 1 is 1.10 bits per heavy atom. The second-order valence-electron chi connectivity index (χ2n) is 5.21. The van der Waals surface area contributed by atoms with Gasteiger partial charge in [0.2, 0.25) is 0 Å². The molecular weight excluding hydrogens is 260 g/mol. The molecule has 2 heterocycles. The molecule has 0 fully saturated rings. The van der Waals surface area contributed by atoms with Crippen molar-refractivity contribution in [3.63, 3.8) is 0 Å². The van der Waals surface area contributed by atoms with Crippen molar-refractivity contribution in [3.05, 3.63) is 66.6 Å². The molecule has 106 valence electrons. The highest BCUT2D eigenvalue weighted by molar-refractivity contribution is 5.61. The fraction of sp³-hybridized carbons (Fsp3) is 0.176. The molecule has 3 aromatic rings. The summed E-state index contributed by atoms with van der Waals surface area (Å²) in [7, 11) is 0. The summed E-state index contributed by atoms with van der Waals surface area (Å²) in [6.45, 7) is 2.00. The van der Waals surface area contributed by atoms with E-state index in [0.29, 0.717) is 0 Å². The first-order valence-corrected chi connectivity index (χ1v) is 7.04. The fourth-order valence-corrected chi connectivity index (χ4v) is 2.36. The van der Waals surface area contributed by atoms with E-state index in [2.05, 4.69) is 28.3 Å². The van der Waals surface area contributed by atoms with Crippen LogP contribution in [0.5, 0.6) is 0 Å². The molecule has 0 aliphatic rings. The van der Waals surface area contributed by atoms with Crippen LogP contribution in [-0.2, 0) is 6.42 Å². The highest BCUT2D eigenvalue weighted by atomic mass is 15.3. The number of nitrogens with two attached hydrogens (primary N) is 1. The van der Waals surface area contributed by atoms with Gasteiger partial charge in [0.15, 0.2) is 5.82 Å². The van der Waals surface area contributed by atoms with Crippen LogP contribution in [-0.4, -0.2) is 20.8 Å². The van der Waals surface area contributed by atoms with E-state index in [0.717, 1.165) is 28.9 Å². The van der Waals surface area contributed by atoms with Crippen LogP contribution in [0.1, 0.15) is 12.5 Å². The monoisotopic (exact) mass is 278 g/mol. The van der Waals surface area contributed by atoms with E-state index < -0.39 is 0 Å². The van der Waals surface area contributed by atoms with E-state index in [1.54, 1.807) is 6.20 Å². The van der Waals surface area contributed by atoms with E-state index >= 15 is 0 Å². The largest absolute Gasteiger partial charge is 0.328 e. The lowest BCUT2D eigenvalue weighted by Crippen LogP contribution is -2.19. The van der Waals surface area contributed by atoms with Gasteiger partial charge < -0.3 is 5.73 Å². The van der Waals surface area contributed by atoms with Crippen LogP contribution in [0, 0.1) is 0 Å². The molecule has 3 rings (SSSR count). The van der Waals surface area contributed by atoms with Crippen molar-refractivity contribution in [2.24, 2.45) is 5.73 Å². The van der Waals surface area contributed by atoms with Crippen LogP contribution in [0.15, 0.2) is 61.1 Å². The molecule has 0 saturated carbocycles. The molecule has 0 saturated heterocycles. The van der Waals surface area contributed by atoms with Gasteiger partial charge in [-0.2, -0.15) is 5.10 Å². The summed E-state index contributed by atoms with van der Waals surface area (Å²) in [5.41, 5.74) is 9.24. The summed E-state index contributed by atoms with van der Waals surface area (Å²) < 4.78 is 1.82. The van der Waals surface area contributed by atoms with E-state index in [-0.39, 0.29) is 6.04 Å². The van der Waals surface area contributed by atoms with Gasteiger partial charge in [-0.3, -0.25) is 0 Å². The third-order valence-electron chi connectivity index (χ3n) is 3.32. The zero-order valence-corrected chi connectivity index (χ0v) is 12.0. The summed E-state index contributed by atoms with van der Waals surface area (Å²) >= 11 is 0. The minimum absolute atomic E-state index is 0.0945. The molecular formula is C17H18N4. The Bertz CT molecular complexity index is 716. The van der Waals surface area contributed by atoms with Gasteiger partial charge in [0.1, 0.15) is 0 Å². The predicted octanol–water partition coefficient (Wildman–Crippen LogP) is 2.82. The number of hydrogen-bond acceptors (Lipinski definition) is 3. The summed E-state index contributed by atoms with van der Waals surface area (Å²) in [4.78, 5) is 4.45. The summed E-state index contributed by atoms with van der Waals surface area (Å²) in [6.07, 6.45) is 6.43. The average molecular weight is 278 g/mol. The van der Waals surface area contributed by atoms with E-state index in [9.17, 15) is 0 Å². The normalized spacial score (nSPS) is 12.3. The van der Waals surface area contributed by atoms with Crippen molar-refractivity contribution in [2.45, 2.75) is 19.4 Å². The molecule has 4 heteroatoms. The lowest BCUT2D eigenvalue weighted by atomic mass is 10.1. The maximum absolute atomic E-state index is 5.91. The molecule has 2 aromatic heterocycles. The molecule has 0 aliphatic heterocycles. The van der Waals surface area contributed by atoms with Gasteiger partial charge in [0, 0.05) is 24.0 Å². The summed E-state index contributed by atoms with van der Waals surface area (Å²) in [5, 5.41) is 4.44. The van der Waals surface area contributed by atoms with Crippen LogP contribution >= 0.6 is 0 Å². The Morgan fingerprint density at radius 2 is 1.90 bits per heavy atom. The first kappa shape index (κ1) is 13.5. The molecule has 0 aliphatic carbocycles. The van der Waals surface area contributed by atoms with Gasteiger partial charge >= 0.3 is 0 Å². The molecule has 0 amide bonds. The van der Waals surface area contributed by atoms with Crippen molar-refractivity contribution in [2.75, 3.05) is 0 Å². The summed E-state index contributed by atoms with van der Waals surface area (Å²) in [6, 6.07) is 14.3. The smallest absolute Gasteiger partial charge is 0.156 e. The predicted molar refractivity (Wildman–Crippen MR) is 84.1 cm³/mol. The number of hydrogen-bond donors (Lipinski definition) is 1. The Kier molecular flexibility index (Phi) is 3.79. The zero-order chi connectivity index (χ0) is 14.7. The van der Waals surface area contributed by atoms with E-state index in [1.165, 1.54) is 0 Å². The number of rotatable bonds is 4. The Morgan fingerprint density at radius 3 is 2.67 bits per heavy atom. The van der Waals surface area contributed by atoms with Gasteiger partial charge in [0.25, 0.3) is 0 Å². The van der Waals surface area contributed by atoms with E-state index in [4.69, 9.17) is 5.73 Å². The number of benzene rings is 1. The molecule has 1 unspecified atom stereocenters. The highest BCUT2D eigenvalue weighted by Crippen LogP contribution is 2.20. The molecule has 2 N–H and O–H groups in total. The van der Waals surface area contributed by atoms with Gasteiger partial charge in [-0.05, 0) is 30.5 Å². The van der Waals surface area contributed by atoms with Crippen molar-refractivity contribution in [3.8, 4) is 16.9 Å². The molecule has 0 radical (unpaired) electrons. The first-order valence-electron chi connectivity index (χ1n) is 7.04. The number of pyridine rings is 1. The van der Waals surface area contributed by atoms with Crippen LogP contribution in [0.4, 0.5) is 0 Å². The van der Waals surface area contributed by atoms with Crippen molar-refractivity contribution >= 4 is 0 Å². The number of aromatic nitrogens is 3. The summed E-state index contributed by atoms with van der Waals surface area (Å²) in [5.74, 6) is 0.844. The van der Waals surface area contributed by atoms with Crippen LogP contribution in [0.2, 0.25) is 0 Å². The Balaban J connectivity index is 1.97. The van der Waals surface area contributed by atoms with Crippen LogP contribution in [0.3, 0.4) is 0 Å². The van der Waals surface area contributed by atoms with Crippen LogP contribution < -0.4 is 5.73 Å². The average Bonchev–Trinajstić information content (AvgIpc) is 2.98. The molecule has 1 aromatic carbocycles. The topological polar surface area (TPSA) is 56.7 Å². The molecule has 0 bridgehead atoms. The second-order valence-corrected chi connectivity index (χ2v) is 5.21. The van der Waals surface area contributed by atoms with Gasteiger partial charge in [-0.1, -0.05) is 36.4 Å². The zero-order valence-electron chi connectivity index (χ0n) is 12.0. The molecule has 1 atom stereocenters. The third-order valence-corrected chi connectivity index (χ3v) is 3.32. The van der Waals surface area contributed by atoms with Gasteiger partial charge in [-0.25, -0.2) is 9.67 Å². The third kappa shape index (κ3) is 3.01. The quantitative estimate of drug-likeness (QED) is 0.798. The van der Waals surface area contributed by atoms with Gasteiger partial charge in [-0.15, -0.1) is 0 Å². The van der Waals surface area contributed by atoms with Crippen molar-refractivity contribution < 1.29 is 0 Å². The Hall–Kier alpha value is -2.46. The molecule has 21 heavy (non-hydrogen) atoms. The minimum atomic E-state index is 0.0945. The lowest BCUT2D eigenvalue weighted by molar-refractivity contribution is 0.720. The maximum Gasteiger partial charge on any atom is 0.156 e. The second kappa shape index (κ2) is 5.89. The van der Waals surface area contributed by atoms with Crippen molar-refractivity contribution in [1.29, 1.82) is 0 Å². The standard InChI is InChI=1S/C17H18N4/c1-13(18)10-15-8-5-9-19-17(15)21-12-16(11-20-21)14-6-3-2-4-7-14/h2-9,11-13H,10,18H2,1H3.